The minimum absolute atomic E-state index is 0.0361. The molecule has 3 rings (SSSR count). The molecule has 1 aliphatic rings. The van der Waals surface area contributed by atoms with Crippen molar-refractivity contribution < 1.29 is 18.0 Å². The smallest absolute Gasteiger partial charge is 0.325 e. The summed E-state index contributed by atoms with van der Waals surface area (Å²) in [6, 6.07) is 10.6. The molecule has 0 bridgehead atoms. The van der Waals surface area contributed by atoms with E-state index in [0.29, 0.717) is 11.5 Å². The zero-order chi connectivity index (χ0) is 15.7. The lowest BCUT2D eigenvalue weighted by Gasteiger charge is -2.11. The molecule has 0 atom stereocenters. The number of hydrogen-bond acceptors (Lipinski definition) is 2. The van der Waals surface area contributed by atoms with Crippen LogP contribution in [-0.4, -0.2) is 11.7 Å². The minimum atomic E-state index is -4.33. The quantitative estimate of drug-likeness (QED) is 0.834. The SMILES string of the molecule is O=C1CSCc2cc(-c3ccc(C(F)(F)F)cc3)ccc2N1. The Morgan fingerprint density at radius 1 is 0.955 bits per heavy atom. The van der Waals surface area contributed by atoms with Crippen LogP contribution in [0.2, 0.25) is 0 Å². The Morgan fingerprint density at radius 2 is 1.64 bits per heavy atom. The average Bonchev–Trinajstić information content (AvgIpc) is 2.66. The number of fused-ring (bicyclic) bond motifs is 1. The van der Waals surface area contributed by atoms with Gasteiger partial charge in [-0.1, -0.05) is 18.2 Å². The van der Waals surface area contributed by atoms with Crippen molar-refractivity contribution in [2.75, 3.05) is 11.1 Å². The first-order valence-corrected chi connectivity index (χ1v) is 7.77. The van der Waals surface area contributed by atoms with Crippen LogP contribution >= 0.6 is 11.8 Å². The zero-order valence-corrected chi connectivity index (χ0v) is 12.2. The second kappa shape index (κ2) is 5.68. The lowest BCUT2D eigenvalue weighted by Crippen LogP contribution is -2.12. The number of benzene rings is 2. The number of rotatable bonds is 1. The topological polar surface area (TPSA) is 29.1 Å². The predicted octanol–water partition coefficient (Wildman–Crippen LogP) is 4.56. The van der Waals surface area contributed by atoms with E-state index in [2.05, 4.69) is 5.32 Å². The molecule has 1 N–H and O–H groups in total. The van der Waals surface area contributed by atoms with E-state index in [1.807, 2.05) is 6.07 Å². The molecule has 0 aliphatic carbocycles. The van der Waals surface area contributed by atoms with Gasteiger partial charge in [-0.2, -0.15) is 13.2 Å². The molecule has 0 fully saturated rings. The third kappa shape index (κ3) is 3.11. The first-order chi connectivity index (χ1) is 10.4. The van der Waals surface area contributed by atoms with Crippen LogP contribution in [0, 0.1) is 0 Å². The summed E-state index contributed by atoms with van der Waals surface area (Å²) < 4.78 is 37.8. The van der Waals surface area contributed by atoms with Gasteiger partial charge in [-0.15, -0.1) is 11.8 Å². The van der Waals surface area contributed by atoms with Crippen molar-refractivity contribution in [3.8, 4) is 11.1 Å². The van der Waals surface area contributed by atoms with Gasteiger partial charge in [-0.3, -0.25) is 4.79 Å². The van der Waals surface area contributed by atoms with Crippen molar-refractivity contribution in [2.45, 2.75) is 11.9 Å². The molecule has 2 aromatic carbocycles. The van der Waals surface area contributed by atoms with Crippen molar-refractivity contribution >= 4 is 23.4 Å². The van der Waals surface area contributed by atoms with E-state index < -0.39 is 11.7 Å². The van der Waals surface area contributed by atoms with Crippen LogP contribution in [0.1, 0.15) is 11.1 Å². The van der Waals surface area contributed by atoms with Crippen molar-refractivity contribution in [1.82, 2.24) is 0 Å². The van der Waals surface area contributed by atoms with Gasteiger partial charge in [0.05, 0.1) is 11.3 Å². The average molecular weight is 323 g/mol. The Labute approximate surface area is 129 Å². The van der Waals surface area contributed by atoms with E-state index in [1.54, 1.807) is 12.1 Å². The normalized spacial score (nSPS) is 15.0. The first-order valence-electron chi connectivity index (χ1n) is 6.61. The number of hydrogen-bond donors (Lipinski definition) is 1. The summed E-state index contributed by atoms with van der Waals surface area (Å²) >= 11 is 1.52. The van der Waals surface area contributed by atoms with Crippen LogP contribution in [0.4, 0.5) is 18.9 Å². The van der Waals surface area contributed by atoms with E-state index in [1.165, 1.54) is 23.9 Å². The van der Waals surface area contributed by atoms with Gasteiger partial charge < -0.3 is 5.32 Å². The van der Waals surface area contributed by atoms with Gasteiger partial charge in [0.2, 0.25) is 5.91 Å². The fraction of sp³-hybridized carbons (Fsp3) is 0.188. The third-order valence-electron chi connectivity index (χ3n) is 3.42. The Hall–Kier alpha value is -1.95. The van der Waals surface area contributed by atoms with E-state index in [9.17, 15) is 18.0 Å². The summed E-state index contributed by atoms with van der Waals surface area (Å²) in [6.45, 7) is 0. The summed E-state index contributed by atoms with van der Waals surface area (Å²) in [4.78, 5) is 11.5. The van der Waals surface area contributed by atoms with E-state index >= 15 is 0 Å². The number of carbonyl (C=O) groups excluding carboxylic acids is 1. The van der Waals surface area contributed by atoms with Gasteiger partial charge in [-0.05, 0) is 41.0 Å². The standard InChI is InChI=1S/C16H12F3NOS/c17-16(18,19)13-4-1-10(2-5-13)11-3-6-14-12(7-11)8-22-9-15(21)20-14/h1-7H,8-9H2,(H,20,21). The van der Waals surface area contributed by atoms with E-state index in [0.717, 1.165) is 34.5 Å². The highest BCUT2D eigenvalue weighted by Gasteiger charge is 2.30. The molecule has 0 aromatic heterocycles. The summed E-state index contributed by atoms with van der Waals surface area (Å²) in [5.74, 6) is 1.07. The molecular weight excluding hydrogens is 311 g/mol. The molecule has 1 aliphatic heterocycles. The number of alkyl halides is 3. The molecule has 0 radical (unpaired) electrons. The maximum absolute atomic E-state index is 12.6. The molecule has 6 heteroatoms. The van der Waals surface area contributed by atoms with Crippen molar-refractivity contribution in [3.05, 3.63) is 53.6 Å². The van der Waals surface area contributed by atoms with Crippen LogP contribution in [0.15, 0.2) is 42.5 Å². The van der Waals surface area contributed by atoms with Crippen molar-refractivity contribution in [2.24, 2.45) is 0 Å². The summed E-state index contributed by atoms with van der Waals surface area (Å²) in [7, 11) is 0. The molecule has 1 amide bonds. The minimum Gasteiger partial charge on any atom is -0.325 e. The van der Waals surface area contributed by atoms with Crippen molar-refractivity contribution in [3.63, 3.8) is 0 Å². The monoisotopic (exact) mass is 323 g/mol. The molecule has 0 saturated carbocycles. The fourth-order valence-electron chi connectivity index (χ4n) is 2.31. The zero-order valence-electron chi connectivity index (χ0n) is 11.4. The predicted molar refractivity (Wildman–Crippen MR) is 81.7 cm³/mol. The van der Waals surface area contributed by atoms with Crippen LogP contribution in [0.5, 0.6) is 0 Å². The van der Waals surface area contributed by atoms with E-state index in [4.69, 9.17) is 0 Å². The van der Waals surface area contributed by atoms with Gasteiger partial charge in [0.1, 0.15) is 0 Å². The summed E-state index contributed by atoms with van der Waals surface area (Å²) in [6.07, 6.45) is -4.33. The molecule has 2 aromatic rings. The highest BCUT2D eigenvalue weighted by atomic mass is 32.2. The molecule has 0 unspecified atom stereocenters. The number of anilines is 1. The maximum atomic E-state index is 12.6. The molecule has 2 nitrogen and oxygen atoms in total. The molecular formula is C16H12F3NOS. The fourth-order valence-corrected chi connectivity index (χ4v) is 3.12. The Balaban J connectivity index is 1.93. The molecule has 114 valence electrons. The lowest BCUT2D eigenvalue weighted by atomic mass is 10.0. The molecule has 1 heterocycles. The van der Waals surface area contributed by atoms with Gasteiger partial charge in [-0.25, -0.2) is 0 Å². The Morgan fingerprint density at radius 3 is 2.32 bits per heavy atom. The van der Waals surface area contributed by atoms with Gasteiger partial charge >= 0.3 is 6.18 Å². The molecule has 22 heavy (non-hydrogen) atoms. The Bertz CT molecular complexity index is 710. The number of carbonyl (C=O) groups is 1. The largest absolute Gasteiger partial charge is 0.416 e. The van der Waals surface area contributed by atoms with Crippen LogP contribution < -0.4 is 5.32 Å². The molecule has 0 saturated heterocycles. The lowest BCUT2D eigenvalue weighted by molar-refractivity contribution is -0.137. The summed E-state index contributed by atoms with van der Waals surface area (Å²) in [5, 5.41) is 2.82. The maximum Gasteiger partial charge on any atom is 0.416 e. The highest BCUT2D eigenvalue weighted by Crippen LogP contribution is 2.33. The van der Waals surface area contributed by atoms with Crippen LogP contribution in [-0.2, 0) is 16.7 Å². The van der Waals surface area contributed by atoms with Gasteiger partial charge in [0.15, 0.2) is 0 Å². The van der Waals surface area contributed by atoms with E-state index in [-0.39, 0.29) is 5.91 Å². The number of thioether (sulfide) groups is 1. The molecule has 0 spiro atoms. The second-order valence-corrected chi connectivity index (χ2v) is 5.97. The number of amides is 1. The number of nitrogens with one attached hydrogen (secondary N) is 1. The number of halogens is 3. The first kappa shape index (κ1) is 15.0. The van der Waals surface area contributed by atoms with Gasteiger partial charge in [0.25, 0.3) is 0 Å². The van der Waals surface area contributed by atoms with Gasteiger partial charge in [0, 0.05) is 11.4 Å². The van der Waals surface area contributed by atoms with Crippen LogP contribution in [0.25, 0.3) is 11.1 Å². The van der Waals surface area contributed by atoms with Crippen molar-refractivity contribution in [1.29, 1.82) is 0 Å². The third-order valence-corrected chi connectivity index (χ3v) is 4.40. The van der Waals surface area contributed by atoms with Crippen LogP contribution in [0.3, 0.4) is 0 Å². The summed E-state index contributed by atoms with van der Waals surface area (Å²) in [5.41, 5.74) is 2.65. The highest BCUT2D eigenvalue weighted by molar-refractivity contribution is 7.99. The second-order valence-electron chi connectivity index (χ2n) is 4.99. The Kier molecular flexibility index (Phi) is 3.87.